The molecule has 0 bridgehead atoms. The van der Waals surface area contributed by atoms with E-state index < -0.39 is 11.9 Å². The molecule has 1 aromatic rings. The Morgan fingerprint density at radius 1 is 1.33 bits per heavy atom. The largest absolute Gasteiger partial charge is 0.434 e. The Hall–Kier alpha value is -0.360. The van der Waals surface area contributed by atoms with Crippen molar-refractivity contribution in [3.63, 3.8) is 0 Å². The molecule has 0 aliphatic heterocycles. The van der Waals surface area contributed by atoms with Crippen molar-refractivity contribution in [2.75, 3.05) is 0 Å². The van der Waals surface area contributed by atoms with E-state index in [4.69, 9.17) is 11.6 Å². The molecule has 0 saturated heterocycles. The quantitative estimate of drug-likeness (QED) is 0.671. The minimum atomic E-state index is -4.51. The molecule has 0 unspecified atom stereocenters. The molecule has 0 fully saturated rings. The van der Waals surface area contributed by atoms with Crippen LogP contribution in [0.1, 0.15) is 5.69 Å². The van der Waals surface area contributed by atoms with Crippen molar-refractivity contribution in [2.24, 2.45) is 0 Å². The molecule has 0 aromatic carbocycles. The van der Waals surface area contributed by atoms with Crippen LogP contribution in [-0.2, 0) is 6.18 Å². The zero-order valence-corrected chi connectivity index (χ0v) is 7.70. The molecule has 66 valence electrons. The fraction of sp³-hybridized carbons (Fsp3) is 0.200. The standard InChI is InChI=1S/C5HBrClF3N2/c6-2-3(5(8,9)10)11-1-12-4(2)7/h1H. The van der Waals surface area contributed by atoms with Gasteiger partial charge in [0.2, 0.25) is 0 Å². The minimum absolute atomic E-state index is 0.252. The van der Waals surface area contributed by atoms with Gasteiger partial charge in [-0.1, -0.05) is 11.6 Å². The van der Waals surface area contributed by atoms with Crippen LogP contribution in [0.3, 0.4) is 0 Å². The summed E-state index contributed by atoms with van der Waals surface area (Å²) in [7, 11) is 0. The van der Waals surface area contributed by atoms with E-state index in [-0.39, 0.29) is 9.63 Å². The lowest BCUT2D eigenvalue weighted by Crippen LogP contribution is -2.09. The molecule has 0 radical (unpaired) electrons. The second-order valence-electron chi connectivity index (χ2n) is 1.82. The Morgan fingerprint density at radius 3 is 2.33 bits per heavy atom. The highest BCUT2D eigenvalue weighted by Crippen LogP contribution is 2.35. The number of hydrogen-bond acceptors (Lipinski definition) is 2. The normalized spacial score (nSPS) is 11.8. The first-order chi connectivity index (χ1) is 5.43. The highest BCUT2D eigenvalue weighted by Gasteiger charge is 2.35. The van der Waals surface area contributed by atoms with Crippen LogP contribution < -0.4 is 0 Å². The molecule has 0 spiro atoms. The molecule has 0 atom stereocenters. The lowest BCUT2D eigenvalue weighted by atomic mass is 10.4. The molecule has 1 rings (SSSR count). The predicted molar refractivity (Wildman–Crippen MR) is 39.7 cm³/mol. The molecule has 2 nitrogen and oxygen atoms in total. The second-order valence-corrected chi connectivity index (χ2v) is 2.98. The van der Waals surface area contributed by atoms with Crippen molar-refractivity contribution in [1.82, 2.24) is 9.97 Å². The first-order valence-corrected chi connectivity index (χ1v) is 3.83. The van der Waals surface area contributed by atoms with E-state index in [0.29, 0.717) is 0 Å². The number of halogens is 5. The van der Waals surface area contributed by atoms with Gasteiger partial charge in [0.1, 0.15) is 11.5 Å². The molecule has 1 heterocycles. The summed E-state index contributed by atoms with van der Waals surface area (Å²) in [6.45, 7) is 0. The van der Waals surface area contributed by atoms with Crippen LogP contribution in [0.5, 0.6) is 0 Å². The van der Waals surface area contributed by atoms with Crippen LogP contribution in [-0.4, -0.2) is 9.97 Å². The highest BCUT2D eigenvalue weighted by molar-refractivity contribution is 9.10. The van der Waals surface area contributed by atoms with Crippen molar-refractivity contribution in [3.8, 4) is 0 Å². The molecule has 0 aliphatic carbocycles. The van der Waals surface area contributed by atoms with E-state index >= 15 is 0 Å². The van der Waals surface area contributed by atoms with Gasteiger partial charge in [0.25, 0.3) is 0 Å². The van der Waals surface area contributed by atoms with Crippen LogP contribution in [0.15, 0.2) is 10.8 Å². The van der Waals surface area contributed by atoms with Gasteiger partial charge in [-0.25, -0.2) is 9.97 Å². The molecule has 0 amide bonds. The summed E-state index contributed by atoms with van der Waals surface area (Å²) in [4.78, 5) is 6.40. The molecule has 12 heavy (non-hydrogen) atoms. The van der Waals surface area contributed by atoms with Crippen molar-refractivity contribution in [1.29, 1.82) is 0 Å². The predicted octanol–water partition coefficient (Wildman–Crippen LogP) is 2.91. The monoisotopic (exact) mass is 260 g/mol. The molecular weight excluding hydrogens is 260 g/mol. The summed E-state index contributed by atoms with van der Waals surface area (Å²) >= 11 is 7.96. The Morgan fingerprint density at radius 2 is 1.92 bits per heavy atom. The molecule has 0 aliphatic rings. The molecular formula is C5HBrClF3N2. The maximum atomic E-state index is 12.0. The zero-order chi connectivity index (χ0) is 9.35. The van der Waals surface area contributed by atoms with E-state index in [1.165, 1.54) is 0 Å². The fourth-order valence-corrected chi connectivity index (χ4v) is 1.11. The zero-order valence-electron chi connectivity index (χ0n) is 5.36. The maximum absolute atomic E-state index is 12.0. The number of aromatic nitrogens is 2. The van der Waals surface area contributed by atoms with Gasteiger partial charge in [-0.2, -0.15) is 13.2 Å². The Labute approximate surface area is 78.9 Å². The van der Waals surface area contributed by atoms with Crippen LogP contribution in [0.25, 0.3) is 0 Å². The number of alkyl halides is 3. The molecule has 7 heteroatoms. The van der Waals surface area contributed by atoms with E-state index in [9.17, 15) is 13.2 Å². The Bertz CT molecular complexity index is 301. The van der Waals surface area contributed by atoms with Gasteiger partial charge in [0.05, 0.1) is 4.47 Å². The van der Waals surface area contributed by atoms with Crippen LogP contribution >= 0.6 is 27.5 Å². The van der Waals surface area contributed by atoms with Crippen LogP contribution in [0, 0.1) is 0 Å². The Balaban J connectivity index is 3.26. The van der Waals surface area contributed by atoms with Gasteiger partial charge in [-0.05, 0) is 15.9 Å². The van der Waals surface area contributed by atoms with Gasteiger partial charge in [0, 0.05) is 0 Å². The number of hydrogen-bond donors (Lipinski definition) is 0. The van der Waals surface area contributed by atoms with Crippen molar-refractivity contribution >= 4 is 27.5 Å². The topological polar surface area (TPSA) is 25.8 Å². The molecule has 0 saturated carbocycles. The smallest absolute Gasteiger partial charge is 0.231 e. The van der Waals surface area contributed by atoms with E-state index in [0.717, 1.165) is 6.33 Å². The van der Waals surface area contributed by atoms with Crippen molar-refractivity contribution in [3.05, 3.63) is 21.6 Å². The summed E-state index contributed by atoms with van der Waals surface area (Å²) in [5, 5.41) is -0.252. The van der Waals surface area contributed by atoms with Gasteiger partial charge in [-0.15, -0.1) is 0 Å². The van der Waals surface area contributed by atoms with E-state index in [2.05, 4.69) is 25.9 Å². The molecule has 1 aromatic heterocycles. The molecule has 0 N–H and O–H groups in total. The van der Waals surface area contributed by atoms with Gasteiger partial charge in [-0.3, -0.25) is 0 Å². The first kappa shape index (κ1) is 9.73. The summed E-state index contributed by atoms with van der Waals surface area (Å²) in [5.41, 5.74) is -1.07. The Kier molecular flexibility index (Phi) is 2.58. The van der Waals surface area contributed by atoms with E-state index in [1.54, 1.807) is 0 Å². The van der Waals surface area contributed by atoms with E-state index in [1.807, 2.05) is 0 Å². The SMILES string of the molecule is FC(F)(F)c1ncnc(Cl)c1Br. The van der Waals surface area contributed by atoms with Gasteiger partial charge in [0.15, 0.2) is 5.69 Å². The first-order valence-electron chi connectivity index (χ1n) is 2.66. The summed E-state index contributed by atoms with van der Waals surface area (Å²) in [6, 6.07) is 0. The third kappa shape index (κ3) is 1.87. The third-order valence-electron chi connectivity index (χ3n) is 1.02. The van der Waals surface area contributed by atoms with Crippen molar-refractivity contribution < 1.29 is 13.2 Å². The lowest BCUT2D eigenvalue weighted by Gasteiger charge is -2.06. The average molecular weight is 261 g/mol. The highest BCUT2D eigenvalue weighted by atomic mass is 79.9. The average Bonchev–Trinajstić information content (AvgIpc) is 1.92. The maximum Gasteiger partial charge on any atom is 0.434 e. The fourth-order valence-electron chi connectivity index (χ4n) is 0.546. The lowest BCUT2D eigenvalue weighted by molar-refractivity contribution is -0.141. The van der Waals surface area contributed by atoms with Crippen LogP contribution in [0.4, 0.5) is 13.2 Å². The minimum Gasteiger partial charge on any atom is -0.231 e. The third-order valence-corrected chi connectivity index (χ3v) is 2.28. The summed E-state index contributed by atoms with van der Waals surface area (Å²) in [6.07, 6.45) is -3.75. The number of rotatable bonds is 0. The van der Waals surface area contributed by atoms with Crippen molar-refractivity contribution in [2.45, 2.75) is 6.18 Å². The van der Waals surface area contributed by atoms with Crippen LogP contribution in [0.2, 0.25) is 5.15 Å². The summed E-state index contributed by atoms with van der Waals surface area (Å²) in [5.74, 6) is 0. The number of nitrogens with zero attached hydrogens (tertiary/aromatic N) is 2. The second kappa shape index (κ2) is 3.18. The van der Waals surface area contributed by atoms with Gasteiger partial charge < -0.3 is 0 Å². The van der Waals surface area contributed by atoms with Gasteiger partial charge >= 0.3 is 6.18 Å². The summed E-state index contributed by atoms with van der Waals surface area (Å²) < 4.78 is 35.8.